The van der Waals surface area contributed by atoms with E-state index in [0.29, 0.717) is 10.6 Å². The number of aryl methyl sites for hydroxylation is 1. The summed E-state index contributed by atoms with van der Waals surface area (Å²) in [5.41, 5.74) is 1.20. The highest BCUT2D eigenvalue weighted by atomic mass is 35.5. The van der Waals surface area contributed by atoms with Crippen LogP contribution in [0.1, 0.15) is 22.4 Å². The topological polar surface area (TPSA) is 30.0 Å². The fourth-order valence-electron chi connectivity index (χ4n) is 2.03. The lowest BCUT2D eigenvalue weighted by molar-refractivity contribution is -0.141. The van der Waals surface area contributed by atoms with Crippen molar-refractivity contribution in [1.82, 2.24) is 4.98 Å². The quantitative estimate of drug-likeness (QED) is 0.832. The summed E-state index contributed by atoms with van der Waals surface area (Å²) in [7, 11) is 0. The van der Waals surface area contributed by atoms with Crippen molar-refractivity contribution < 1.29 is 18.0 Å². The van der Waals surface area contributed by atoms with Crippen molar-refractivity contribution in [3.8, 4) is 0 Å². The Kier molecular flexibility index (Phi) is 4.86. The molecule has 0 spiro atoms. The standard InChI is InChI=1S/C16H13ClF3NO/c1-10-6-11(2-4-14(10)17)7-13(22)8-12-3-5-15(21-9-12)16(18,19)20/h2-6,9H,7-8H2,1H3. The van der Waals surface area contributed by atoms with E-state index in [1.165, 1.54) is 6.07 Å². The van der Waals surface area contributed by atoms with Crippen LogP contribution < -0.4 is 0 Å². The van der Waals surface area contributed by atoms with E-state index >= 15 is 0 Å². The van der Waals surface area contributed by atoms with Gasteiger partial charge in [-0.1, -0.05) is 29.8 Å². The van der Waals surface area contributed by atoms with Crippen molar-refractivity contribution in [2.45, 2.75) is 25.9 Å². The van der Waals surface area contributed by atoms with Crippen LogP contribution in [0.25, 0.3) is 0 Å². The van der Waals surface area contributed by atoms with Crippen LogP contribution in [0.5, 0.6) is 0 Å². The number of rotatable bonds is 4. The summed E-state index contributed by atoms with van der Waals surface area (Å²) in [6, 6.07) is 7.47. The molecule has 1 aromatic heterocycles. The Balaban J connectivity index is 2.01. The second-order valence-corrected chi connectivity index (χ2v) is 5.43. The molecule has 0 aliphatic carbocycles. The predicted octanol–water partition coefficient (Wildman–Crippen LogP) is 4.42. The largest absolute Gasteiger partial charge is 0.433 e. The van der Waals surface area contributed by atoms with E-state index in [2.05, 4.69) is 4.98 Å². The molecule has 0 unspecified atom stereocenters. The summed E-state index contributed by atoms with van der Waals surface area (Å²) in [5.74, 6) is -0.0942. The maximum Gasteiger partial charge on any atom is 0.433 e. The smallest absolute Gasteiger partial charge is 0.299 e. The van der Waals surface area contributed by atoms with E-state index in [-0.39, 0.29) is 18.6 Å². The minimum absolute atomic E-state index is 0.0484. The van der Waals surface area contributed by atoms with Gasteiger partial charge in [0.1, 0.15) is 11.5 Å². The fraction of sp³-hybridized carbons (Fsp3) is 0.250. The highest BCUT2D eigenvalue weighted by molar-refractivity contribution is 6.31. The first-order valence-electron chi connectivity index (χ1n) is 6.54. The molecular weight excluding hydrogens is 315 g/mol. The fourth-order valence-corrected chi connectivity index (χ4v) is 2.15. The molecular formula is C16H13ClF3NO. The van der Waals surface area contributed by atoms with Gasteiger partial charge in [0.15, 0.2) is 0 Å². The molecule has 0 radical (unpaired) electrons. The van der Waals surface area contributed by atoms with Crippen LogP contribution in [-0.4, -0.2) is 10.8 Å². The van der Waals surface area contributed by atoms with E-state index in [9.17, 15) is 18.0 Å². The van der Waals surface area contributed by atoms with Crippen LogP contribution >= 0.6 is 11.6 Å². The number of alkyl halides is 3. The van der Waals surface area contributed by atoms with Gasteiger partial charge in [0, 0.05) is 24.1 Å². The van der Waals surface area contributed by atoms with Crippen molar-refractivity contribution in [3.05, 3.63) is 63.9 Å². The third kappa shape index (κ3) is 4.31. The molecule has 0 saturated heterocycles. The Bertz CT molecular complexity index is 681. The Morgan fingerprint density at radius 1 is 1.14 bits per heavy atom. The molecule has 0 aliphatic heterocycles. The average Bonchev–Trinajstić information content (AvgIpc) is 2.42. The van der Waals surface area contributed by atoms with Crippen molar-refractivity contribution in [3.63, 3.8) is 0 Å². The number of hydrogen-bond acceptors (Lipinski definition) is 2. The van der Waals surface area contributed by atoms with E-state index in [0.717, 1.165) is 23.4 Å². The average molecular weight is 328 g/mol. The van der Waals surface area contributed by atoms with Crippen LogP contribution in [0.4, 0.5) is 13.2 Å². The zero-order valence-corrected chi connectivity index (χ0v) is 12.5. The van der Waals surface area contributed by atoms with Gasteiger partial charge < -0.3 is 0 Å². The molecule has 0 N–H and O–H groups in total. The second kappa shape index (κ2) is 6.48. The zero-order chi connectivity index (χ0) is 16.3. The van der Waals surface area contributed by atoms with Gasteiger partial charge in [-0.05, 0) is 35.7 Å². The van der Waals surface area contributed by atoms with Gasteiger partial charge in [0.25, 0.3) is 0 Å². The molecule has 6 heteroatoms. The number of carbonyl (C=O) groups excluding carboxylic acids is 1. The zero-order valence-electron chi connectivity index (χ0n) is 11.7. The maximum atomic E-state index is 12.4. The molecule has 1 heterocycles. The lowest BCUT2D eigenvalue weighted by Gasteiger charge is -2.07. The molecule has 0 aliphatic rings. The first-order chi connectivity index (χ1) is 10.3. The highest BCUT2D eigenvalue weighted by Crippen LogP contribution is 2.27. The summed E-state index contributed by atoms with van der Waals surface area (Å²) < 4.78 is 37.2. The number of hydrogen-bond donors (Lipinski definition) is 0. The number of ketones is 1. The van der Waals surface area contributed by atoms with Crippen LogP contribution in [0, 0.1) is 6.92 Å². The lowest BCUT2D eigenvalue weighted by Crippen LogP contribution is -2.10. The van der Waals surface area contributed by atoms with Crippen molar-refractivity contribution in [2.24, 2.45) is 0 Å². The van der Waals surface area contributed by atoms with E-state index in [1.54, 1.807) is 12.1 Å². The first kappa shape index (κ1) is 16.5. The molecule has 1 aromatic carbocycles. The van der Waals surface area contributed by atoms with Crippen LogP contribution in [-0.2, 0) is 23.8 Å². The Labute approximate surface area is 130 Å². The first-order valence-corrected chi connectivity index (χ1v) is 6.92. The lowest BCUT2D eigenvalue weighted by atomic mass is 10.0. The number of benzene rings is 1. The van der Waals surface area contributed by atoms with Gasteiger partial charge in [-0.15, -0.1) is 0 Å². The van der Waals surface area contributed by atoms with Gasteiger partial charge in [-0.3, -0.25) is 9.78 Å². The maximum absolute atomic E-state index is 12.4. The van der Waals surface area contributed by atoms with E-state index < -0.39 is 11.9 Å². The number of pyridine rings is 1. The third-order valence-corrected chi connectivity index (χ3v) is 3.56. The number of nitrogens with zero attached hydrogens (tertiary/aromatic N) is 1. The van der Waals surface area contributed by atoms with Crippen LogP contribution in [0.3, 0.4) is 0 Å². The third-order valence-electron chi connectivity index (χ3n) is 3.14. The molecule has 0 amide bonds. The number of Topliss-reactive ketones (excluding diaryl/α,β-unsaturated/α-hetero) is 1. The Morgan fingerprint density at radius 2 is 1.77 bits per heavy atom. The van der Waals surface area contributed by atoms with E-state index in [4.69, 9.17) is 11.6 Å². The number of carbonyl (C=O) groups is 1. The highest BCUT2D eigenvalue weighted by Gasteiger charge is 2.32. The van der Waals surface area contributed by atoms with E-state index in [1.807, 2.05) is 13.0 Å². The summed E-state index contributed by atoms with van der Waals surface area (Å²) in [5, 5.41) is 0.628. The molecule has 22 heavy (non-hydrogen) atoms. The van der Waals surface area contributed by atoms with Crippen LogP contribution in [0.2, 0.25) is 5.02 Å². The van der Waals surface area contributed by atoms with Gasteiger partial charge in [0.05, 0.1) is 0 Å². The molecule has 0 atom stereocenters. The molecule has 2 nitrogen and oxygen atoms in total. The summed E-state index contributed by atoms with van der Waals surface area (Å²) in [6.07, 6.45) is -3.12. The minimum atomic E-state index is -4.47. The van der Waals surface area contributed by atoms with Crippen LogP contribution in [0.15, 0.2) is 36.5 Å². The SMILES string of the molecule is Cc1cc(CC(=O)Cc2ccc(C(F)(F)F)nc2)ccc1Cl. The molecule has 116 valence electrons. The monoisotopic (exact) mass is 327 g/mol. The molecule has 2 aromatic rings. The Morgan fingerprint density at radius 3 is 2.32 bits per heavy atom. The van der Waals surface area contributed by atoms with Gasteiger partial charge in [-0.25, -0.2) is 0 Å². The van der Waals surface area contributed by atoms with Gasteiger partial charge >= 0.3 is 6.18 Å². The minimum Gasteiger partial charge on any atom is -0.299 e. The van der Waals surface area contributed by atoms with Gasteiger partial charge in [-0.2, -0.15) is 13.2 Å². The normalized spacial score (nSPS) is 11.5. The van der Waals surface area contributed by atoms with Gasteiger partial charge in [0.2, 0.25) is 0 Å². The number of halogens is 4. The molecule has 0 bridgehead atoms. The van der Waals surface area contributed by atoms with Crippen molar-refractivity contribution in [1.29, 1.82) is 0 Å². The summed E-state index contributed by atoms with van der Waals surface area (Å²) >= 11 is 5.91. The Hall–Kier alpha value is -1.88. The second-order valence-electron chi connectivity index (χ2n) is 5.03. The van der Waals surface area contributed by atoms with Crippen molar-refractivity contribution >= 4 is 17.4 Å². The molecule has 0 saturated carbocycles. The molecule has 0 fully saturated rings. The summed E-state index contributed by atoms with van der Waals surface area (Å²) in [6.45, 7) is 1.84. The summed E-state index contributed by atoms with van der Waals surface area (Å²) in [4.78, 5) is 15.3. The molecule has 2 rings (SSSR count). The van der Waals surface area contributed by atoms with Crippen molar-refractivity contribution in [2.75, 3.05) is 0 Å². The number of aromatic nitrogens is 1. The predicted molar refractivity (Wildman–Crippen MR) is 77.8 cm³/mol.